The van der Waals surface area contributed by atoms with Crippen molar-refractivity contribution in [3.8, 4) is 0 Å². The van der Waals surface area contributed by atoms with Crippen molar-refractivity contribution in [2.24, 2.45) is 5.92 Å². The zero-order valence-corrected chi connectivity index (χ0v) is 15.5. The number of carbonyl (C=O) groups excluding carboxylic acids is 3. The molecule has 2 heterocycles. The van der Waals surface area contributed by atoms with Crippen LogP contribution >= 0.6 is 0 Å². The van der Waals surface area contributed by atoms with Crippen molar-refractivity contribution in [2.45, 2.75) is 26.8 Å². The van der Waals surface area contributed by atoms with E-state index in [1.807, 2.05) is 32.0 Å². The largest absolute Gasteiger partial charge is 0.467 e. The molecule has 1 fully saturated rings. The van der Waals surface area contributed by atoms with Gasteiger partial charge in [-0.3, -0.25) is 14.4 Å². The highest BCUT2D eigenvalue weighted by Crippen LogP contribution is 2.21. The quantitative estimate of drug-likeness (QED) is 0.815. The normalized spacial score (nSPS) is 16.4. The number of rotatable bonds is 6. The highest BCUT2D eigenvalue weighted by atomic mass is 16.3. The van der Waals surface area contributed by atoms with Crippen molar-refractivity contribution >= 4 is 23.4 Å². The Morgan fingerprint density at radius 2 is 2.04 bits per heavy atom. The number of hydrogen-bond donors (Lipinski definition) is 2. The second-order valence-electron chi connectivity index (χ2n) is 6.77. The molecule has 3 rings (SSSR count). The standard InChI is InChI=1S/C20H23N3O4/c1-13-5-3-7-17(14(13)2)22-18(24)10-21-20(26)15-9-19(25)23(11-15)12-16-6-4-8-27-16/h3-8,15H,9-12H2,1-2H3,(H,21,26)(H,22,24)/t15-/m0/s1. The number of nitrogens with zero attached hydrogens (tertiary/aromatic N) is 1. The van der Waals surface area contributed by atoms with Crippen LogP contribution in [0.2, 0.25) is 0 Å². The van der Waals surface area contributed by atoms with E-state index in [1.54, 1.807) is 23.3 Å². The first kappa shape index (κ1) is 18.7. The minimum atomic E-state index is -0.457. The Labute approximate surface area is 157 Å². The molecular formula is C20H23N3O4. The fourth-order valence-electron chi connectivity index (χ4n) is 3.08. The third-order valence-electron chi connectivity index (χ3n) is 4.81. The third-order valence-corrected chi connectivity index (χ3v) is 4.81. The summed E-state index contributed by atoms with van der Waals surface area (Å²) in [6.07, 6.45) is 1.69. The summed E-state index contributed by atoms with van der Waals surface area (Å²) in [6, 6.07) is 9.21. The molecule has 2 aromatic rings. The van der Waals surface area contributed by atoms with Crippen LogP contribution in [-0.2, 0) is 20.9 Å². The molecule has 142 valence electrons. The SMILES string of the molecule is Cc1cccc(NC(=O)CNC(=O)[C@H]2CC(=O)N(Cc3ccco3)C2)c1C. The number of furan rings is 1. The van der Waals surface area contributed by atoms with E-state index < -0.39 is 5.92 Å². The summed E-state index contributed by atoms with van der Waals surface area (Å²) < 4.78 is 5.25. The first-order valence-corrected chi connectivity index (χ1v) is 8.88. The molecule has 0 radical (unpaired) electrons. The summed E-state index contributed by atoms with van der Waals surface area (Å²) in [6.45, 7) is 4.45. The van der Waals surface area contributed by atoms with E-state index in [0.717, 1.165) is 16.8 Å². The molecular weight excluding hydrogens is 346 g/mol. The molecule has 1 atom stereocenters. The molecule has 1 aliphatic heterocycles. The third kappa shape index (κ3) is 4.55. The van der Waals surface area contributed by atoms with Crippen LogP contribution in [0.4, 0.5) is 5.69 Å². The van der Waals surface area contributed by atoms with Gasteiger partial charge in [0.1, 0.15) is 5.76 Å². The molecule has 7 nitrogen and oxygen atoms in total. The zero-order valence-electron chi connectivity index (χ0n) is 15.5. The molecule has 0 bridgehead atoms. The number of amides is 3. The van der Waals surface area contributed by atoms with Gasteiger partial charge >= 0.3 is 0 Å². The molecule has 0 saturated carbocycles. The Balaban J connectivity index is 1.48. The van der Waals surface area contributed by atoms with Gasteiger partial charge in [-0.2, -0.15) is 0 Å². The molecule has 1 saturated heterocycles. The minimum absolute atomic E-state index is 0.0913. The predicted molar refractivity (Wildman–Crippen MR) is 99.8 cm³/mol. The number of hydrogen-bond acceptors (Lipinski definition) is 4. The Morgan fingerprint density at radius 3 is 2.78 bits per heavy atom. The molecule has 1 aromatic heterocycles. The van der Waals surface area contributed by atoms with Crippen LogP contribution in [0, 0.1) is 19.8 Å². The molecule has 0 aliphatic carbocycles. The van der Waals surface area contributed by atoms with Gasteiger partial charge in [0.25, 0.3) is 0 Å². The lowest BCUT2D eigenvalue weighted by atomic mass is 10.1. The van der Waals surface area contributed by atoms with Crippen molar-refractivity contribution in [1.82, 2.24) is 10.2 Å². The molecule has 3 amide bonds. The van der Waals surface area contributed by atoms with E-state index >= 15 is 0 Å². The lowest BCUT2D eigenvalue weighted by molar-refractivity contribution is -0.129. The van der Waals surface area contributed by atoms with Gasteiger partial charge in [-0.05, 0) is 43.2 Å². The first-order valence-electron chi connectivity index (χ1n) is 8.88. The fourth-order valence-corrected chi connectivity index (χ4v) is 3.08. The van der Waals surface area contributed by atoms with Gasteiger partial charge in [-0.25, -0.2) is 0 Å². The minimum Gasteiger partial charge on any atom is -0.467 e. The summed E-state index contributed by atoms with van der Waals surface area (Å²) in [5.41, 5.74) is 2.81. The summed E-state index contributed by atoms with van der Waals surface area (Å²) in [4.78, 5) is 38.1. The maximum absolute atomic E-state index is 12.3. The molecule has 0 unspecified atom stereocenters. The highest BCUT2D eigenvalue weighted by molar-refractivity contribution is 5.96. The molecule has 1 aromatic carbocycles. The maximum atomic E-state index is 12.3. The second kappa shape index (κ2) is 8.07. The van der Waals surface area contributed by atoms with Crippen LogP contribution in [0.25, 0.3) is 0 Å². The lowest BCUT2D eigenvalue weighted by Crippen LogP contribution is -2.37. The summed E-state index contributed by atoms with van der Waals surface area (Å²) in [5, 5.41) is 5.43. The average Bonchev–Trinajstić information content (AvgIpc) is 3.27. The van der Waals surface area contributed by atoms with Gasteiger partial charge in [0.2, 0.25) is 17.7 Å². The number of anilines is 1. The fraction of sp³-hybridized carbons (Fsp3) is 0.350. The smallest absolute Gasteiger partial charge is 0.243 e. The zero-order chi connectivity index (χ0) is 19.4. The van der Waals surface area contributed by atoms with Crippen molar-refractivity contribution in [1.29, 1.82) is 0 Å². The van der Waals surface area contributed by atoms with Gasteiger partial charge in [0.05, 0.1) is 25.3 Å². The van der Waals surface area contributed by atoms with E-state index in [-0.39, 0.29) is 30.7 Å². The van der Waals surface area contributed by atoms with Crippen LogP contribution in [0.5, 0.6) is 0 Å². The number of nitrogens with one attached hydrogen (secondary N) is 2. The Hall–Kier alpha value is -3.09. The molecule has 2 N–H and O–H groups in total. The highest BCUT2D eigenvalue weighted by Gasteiger charge is 2.34. The molecule has 1 aliphatic rings. The monoisotopic (exact) mass is 369 g/mol. The van der Waals surface area contributed by atoms with Gasteiger partial charge < -0.3 is 20.0 Å². The maximum Gasteiger partial charge on any atom is 0.243 e. The van der Waals surface area contributed by atoms with Crippen LogP contribution < -0.4 is 10.6 Å². The summed E-state index contributed by atoms with van der Waals surface area (Å²) >= 11 is 0. The van der Waals surface area contributed by atoms with Gasteiger partial charge in [0, 0.05) is 18.7 Å². The lowest BCUT2D eigenvalue weighted by Gasteiger charge is -2.15. The molecule has 0 spiro atoms. The van der Waals surface area contributed by atoms with Crippen molar-refractivity contribution < 1.29 is 18.8 Å². The van der Waals surface area contributed by atoms with E-state index in [2.05, 4.69) is 10.6 Å². The van der Waals surface area contributed by atoms with Gasteiger partial charge in [0.15, 0.2) is 0 Å². The Morgan fingerprint density at radius 1 is 1.22 bits per heavy atom. The summed E-state index contributed by atoms with van der Waals surface area (Å²) in [7, 11) is 0. The number of likely N-dealkylation sites (tertiary alicyclic amines) is 1. The second-order valence-corrected chi connectivity index (χ2v) is 6.77. The topological polar surface area (TPSA) is 91.7 Å². The Bertz CT molecular complexity index is 845. The van der Waals surface area contributed by atoms with Crippen molar-refractivity contribution in [2.75, 3.05) is 18.4 Å². The van der Waals surface area contributed by atoms with Crippen LogP contribution in [0.15, 0.2) is 41.0 Å². The van der Waals surface area contributed by atoms with Crippen LogP contribution in [0.3, 0.4) is 0 Å². The van der Waals surface area contributed by atoms with Crippen molar-refractivity contribution in [3.63, 3.8) is 0 Å². The predicted octanol–water partition coefficient (Wildman–Crippen LogP) is 2.00. The first-order chi connectivity index (χ1) is 12.9. The Kier molecular flexibility index (Phi) is 5.59. The van der Waals surface area contributed by atoms with E-state index in [9.17, 15) is 14.4 Å². The average molecular weight is 369 g/mol. The number of carbonyl (C=O) groups is 3. The van der Waals surface area contributed by atoms with Crippen LogP contribution in [-0.4, -0.2) is 35.7 Å². The van der Waals surface area contributed by atoms with E-state index in [0.29, 0.717) is 18.8 Å². The van der Waals surface area contributed by atoms with Crippen LogP contribution in [0.1, 0.15) is 23.3 Å². The number of aryl methyl sites for hydroxylation is 1. The van der Waals surface area contributed by atoms with E-state index in [1.165, 1.54) is 0 Å². The summed E-state index contributed by atoms with van der Waals surface area (Å²) in [5.74, 6) is -0.458. The van der Waals surface area contributed by atoms with Gasteiger partial charge in [-0.15, -0.1) is 0 Å². The molecule has 7 heteroatoms. The van der Waals surface area contributed by atoms with E-state index in [4.69, 9.17) is 4.42 Å². The van der Waals surface area contributed by atoms with Gasteiger partial charge in [-0.1, -0.05) is 12.1 Å². The molecule has 27 heavy (non-hydrogen) atoms. The number of benzene rings is 1. The van der Waals surface area contributed by atoms with Crippen molar-refractivity contribution in [3.05, 3.63) is 53.5 Å².